The molecule has 4 heterocycles. The van der Waals surface area contributed by atoms with Gasteiger partial charge < -0.3 is 9.14 Å². The largest absolute Gasteiger partial charge is 0.381 e. The lowest BCUT2D eigenvalue weighted by Gasteiger charge is -2.20. The Kier molecular flexibility index (Phi) is 4.66. The van der Waals surface area contributed by atoms with Crippen molar-refractivity contribution in [3.63, 3.8) is 0 Å². The second kappa shape index (κ2) is 7.45. The zero-order valence-corrected chi connectivity index (χ0v) is 16.2. The van der Waals surface area contributed by atoms with Crippen molar-refractivity contribution in [1.82, 2.24) is 14.4 Å². The van der Waals surface area contributed by atoms with Gasteiger partial charge in [-0.05, 0) is 30.9 Å². The molecule has 142 valence electrons. The van der Waals surface area contributed by atoms with Crippen LogP contribution in [0.5, 0.6) is 0 Å². The van der Waals surface area contributed by atoms with Crippen LogP contribution in [0.1, 0.15) is 17.8 Å². The van der Waals surface area contributed by atoms with E-state index in [1.807, 2.05) is 35.1 Å². The summed E-state index contributed by atoms with van der Waals surface area (Å²) in [5.74, 6) is 0.409. The summed E-state index contributed by atoms with van der Waals surface area (Å²) in [5, 5.41) is 1.15. The average molecular weight is 393 g/mol. The highest BCUT2D eigenvalue weighted by Crippen LogP contribution is 2.34. The van der Waals surface area contributed by atoms with Crippen molar-refractivity contribution in [2.24, 2.45) is 5.92 Å². The Labute approximate surface area is 166 Å². The van der Waals surface area contributed by atoms with E-state index in [-0.39, 0.29) is 5.82 Å². The third-order valence-electron chi connectivity index (χ3n) is 5.29. The van der Waals surface area contributed by atoms with E-state index in [0.717, 1.165) is 59.1 Å². The summed E-state index contributed by atoms with van der Waals surface area (Å²) in [6.45, 7) is 1.71. The first-order chi connectivity index (χ1) is 13.8. The first-order valence-electron chi connectivity index (χ1n) is 9.52. The maximum absolute atomic E-state index is 14.5. The van der Waals surface area contributed by atoms with Gasteiger partial charge in [0.1, 0.15) is 11.5 Å². The summed E-state index contributed by atoms with van der Waals surface area (Å²) in [5.41, 5.74) is 3.13. The first-order valence-corrected chi connectivity index (χ1v) is 10.3. The Morgan fingerprint density at radius 2 is 2.00 bits per heavy atom. The number of halogens is 1. The standard InChI is InChI=1S/C22H20FN3OS/c23-19-4-2-1-3-17(19)18-12-16(14-26-8-7-24-22(18)26)20-13-25-21(28-20)11-15-5-9-27-10-6-15/h1-4,7-8,12-15H,5-6,9-11H2. The molecule has 0 atom stereocenters. The lowest BCUT2D eigenvalue weighted by atomic mass is 9.97. The Balaban J connectivity index is 1.52. The van der Waals surface area contributed by atoms with Crippen molar-refractivity contribution < 1.29 is 9.13 Å². The molecule has 5 rings (SSSR count). The lowest BCUT2D eigenvalue weighted by molar-refractivity contribution is 0.0665. The van der Waals surface area contributed by atoms with Gasteiger partial charge in [-0.1, -0.05) is 18.2 Å². The molecule has 0 amide bonds. The highest BCUT2D eigenvalue weighted by Gasteiger charge is 2.18. The summed E-state index contributed by atoms with van der Waals surface area (Å²) in [6.07, 6.45) is 10.8. The molecule has 0 radical (unpaired) electrons. The fraction of sp³-hybridized carbons (Fsp3) is 0.273. The Morgan fingerprint density at radius 1 is 1.14 bits per heavy atom. The van der Waals surface area contributed by atoms with E-state index in [4.69, 9.17) is 4.74 Å². The molecule has 1 fully saturated rings. The molecule has 0 bridgehead atoms. The molecule has 0 unspecified atom stereocenters. The quantitative estimate of drug-likeness (QED) is 0.476. The van der Waals surface area contributed by atoms with Crippen LogP contribution in [0.4, 0.5) is 4.39 Å². The van der Waals surface area contributed by atoms with E-state index in [0.29, 0.717) is 11.5 Å². The minimum absolute atomic E-state index is 0.242. The number of nitrogens with zero attached hydrogens (tertiary/aromatic N) is 3. The Morgan fingerprint density at radius 3 is 2.86 bits per heavy atom. The number of rotatable bonds is 4. The molecule has 1 saturated heterocycles. The van der Waals surface area contributed by atoms with Crippen molar-refractivity contribution in [1.29, 1.82) is 0 Å². The van der Waals surface area contributed by atoms with Crippen molar-refractivity contribution in [2.75, 3.05) is 13.2 Å². The molecule has 0 aliphatic carbocycles. The zero-order valence-electron chi connectivity index (χ0n) is 15.3. The maximum atomic E-state index is 14.5. The molecule has 3 aromatic heterocycles. The molecule has 0 saturated carbocycles. The summed E-state index contributed by atoms with van der Waals surface area (Å²) in [7, 11) is 0. The predicted octanol–water partition coefficient (Wildman–Crippen LogP) is 5.23. The van der Waals surface area contributed by atoms with Crippen molar-refractivity contribution in [2.45, 2.75) is 19.3 Å². The second-order valence-corrected chi connectivity index (χ2v) is 8.27. The molecular formula is C22H20FN3OS. The number of ether oxygens (including phenoxy) is 1. The monoisotopic (exact) mass is 393 g/mol. The van der Waals surface area contributed by atoms with Gasteiger partial charge in [0.15, 0.2) is 0 Å². The Bertz CT molecular complexity index is 1110. The first kappa shape index (κ1) is 17.5. The van der Waals surface area contributed by atoms with Crippen molar-refractivity contribution in [3.8, 4) is 21.6 Å². The van der Waals surface area contributed by atoms with E-state index < -0.39 is 0 Å². The van der Waals surface area contributed by atoms with Gasteiger partial charge in [0.2, 0.25) is 0 Å². The summed E-state index contributed by atoms with van der Waals surface area (Å²) in [4.78, 5) is 10.2. The molecule has 1 aliphatic rings. The molecule has 28 heavy (non-hydrogen) atoms. The van der Waals surface area contributed by atoms with E-state index in [9.17, 15) is 4.39 Å². The van der Waals surface area contributed by atoms with Crippen molar-refractivity contribution >= 4 is 17.0 Å². The lowest BCUT2D eigenvalue weighted by Crippen LogP contribution is -2.17. The van der Waals surface area contributed by atoms with Gasteiger partial charge in [0, 0.05) is 61.1 Å². The number of fused-ring (bicyclic) bond motifs is 1. The molecule has 0 spiro atoms. The van der Waals surface area contributed by atoms with Crippen LogP contribution >= 0.6 is 11.3 Å². The molecule has 6 heteroatoms. The van der Waals surface area contributed by atoms with Crippen LogP contribution in [0.2, 0.25) is 0 Å². The maximum Gasteiger partial charge on any atom is 0.144 e. The minimum Gasteiger partial charge on any atom is -0.381 e. The fourth-order valence-corrected chi connectivity index (χ4v) is 4.79. The van der Waals surface area contributed by atoms with Gasteiger partial charge in [0.05, 0.1) is 9.88 Å². The SMILES string of the molecule is Fc1ccccc1-c1cc(-c2cnc(CC3CCOCC3)s2)cn2ccnc12. The number of imidazole rings is 1. The molecule has 1 aromatic carbocycles. The van der Waals surface area contributed by atoms with Crippen LogP contribution in [0.3, 0.4) is 0 Å². The number of hydrogen-bond donors (Lipinski definition) is 0. The molecule has 1 aliphatic heterocycles. The normalized spacial score (nSPS) is 15.3. The van der Waals surface area contributed by atoms with Crippen LogP contribution in [-0.4, -0.2) is 27.6 Å². The molecular weight excluding hydrogens is 373 g/mol. The van der Waals surface area contributed by atoms with Crippen LogP contribution in [-0.2, 0) is 11.2 Å². The van der Waals surface area contributed by atoms with Gasteiger partial charge in [-0.3, -0.25) is 0 Å². The molecule has 4 nitrogen and oxygen atoms in total. The van der Waals surface area contributed by atoms with E-state index in [1.165, 1.54) is 6.07 Å². The third-order valence-corrected chi connectivity index (χ3v) is 6.36. The van der Waals surface area contributed by atoms with Gasteiger partial charge in [-0.15, -0.1) is 11.3 Å². The van der Waals surface area contributed by atoms with E-state index in [1.54, 1.807) is 29.7 Å². The number of aromatic nitrogens is 3. The number of pyridine rings is 1. The van der Waals surface area contributed by atoms with E-state index >= 15 is 0 Å². The van der Waals surface area contributed by atoms with Gasteiger partial charge >= 0.3 is 0 Å². The minimum atomic E-state index is -0.242. The van der Waals surface area contributed by atoms with E-state index in [2.05, 4.69) is 9.97 Å². The highest BCUT2D eigenvalue weighted by molar-refractivity contribution is 7.15. The zero-order chi connectivity index (χ0) is 18.9. The second-order valence-electron chi connectivity index (χ2n) is 7.16. The molecule has 4 aromatic rings. The number of benzene rings is 1. The summed E-state index contributed by atoms with van der Waals surface area (Å²) < 4.78 is 21.9. The van der Waals surface area contributed by atoms with Crippen LogP contribution in [0.25, 0.3) is 27.2 Å². The predicted molar refractivity (Wildman–Crippen MR) is 109 cm³/mol. The number of hydrogen-bond acceptors (Lipinski definition) is 4. The summed E-state index contributed by atoms with van der Waals surface area (Å²) >= 11 is 1.72. The van der Waals surface area contributed by atoms with Crippen LogP contribution in [0.15, 0.2) is 55.1 Å². The van der Waals surface area contributed by atoms with Gasteiger partial charge in [-0.2, -0.15) is 0 Å². The van der Waals surface area contributed by atoms with Crippen LogP contribution in [0, 0.1) is 11.7 Å². The van der Waals surface area contributed by atoms with Crippen molar-refractivity contribution in [3.05, 3.63) is 65.9 Å². The van der Waals surface area contributed by atoms with Gasteiger partial charge in [-0.25, -0.2) is 14.4 Å². The molecule has 0 N–H and O–H groups in total. The third kappa shape index (κ3) is 3.34. The van der Waals surface area contributed by atoms with Crippen LogP contribution < -0.4 is 0 Å². The topological polar surface area (TPSA) is 39.4 Å². The average Bonchev–Trinajstić information content (AvgIpc) is 3.38. The van der Waals surface area contributed by atoms with Gasteiger partial charge in [0.25, 0.3) is 0 Å². The number of thiazole rings is 1. The Hall–Kier alpha value is -2.57. The smallest absolute Gasteiger partial charge is 0.144 e. The fourth-order valence-electron chi connectivity index (χ4n) is 3.78. The highest BCUT2D eigenvalue weighted by atomic mass is 32.1. The summed E-state index contributed by atoms with van der Waals surface area (Å²) in [6, 6.07) is 8.86.